The molecule has 0 radical (unpaired) electrons. The van der Waals surface area contributed by atoms with Crippen LogP contribution in [0, 0.1) is 0 Å². The summed E-state index contributed by atoms with van der Waals surface area (Å²) in [5.41, 5.74) is 6.57. The Bertz CT molecular complexity index is 1120. The highest BCUT2D eigenvalue weighted by molar-refractivity contribution is 5.59. The Morgan fingerprint density at radius 3 is 0.714 bits per heavy atom. The first-order chi connectivity index (χ1) is 20.7. The van der Waals surface area contributed by atoms with Gasteiger partial charge in [-0.05, 0) is 36.4 Å². The summed E-state index contributed by atoms with van der Waals surface area (Å²) in [5, 5.41) is 0. The zero-order valence-electron chi connectivity index (χ0n) is 25.3. The molecule has 3 aromatic heterocycles. The quantitative estimate of drug-likeness (QED) is 0.219. The van der Waals surface area contributed by atoms with Crippen LogP contribution in [0.25, 0.3) is 33.8 Å². The third kappa shape index (κ3) is 13.5. The third-order valence-corrected chi connectivity index (χ3v) is 5.20. The number of hydrogen-bond acceptors (Lipinski definition) is 3. The Morgan fingerprint density at radius 2 is 0.524 bits per heavy atom. The predicted octanol–water partition coefficient (Wildman–Crippen LogP) is 11.1. The zero-order chi connectivity index (χ0) is 30.1. The second-order valence-corrected chi connectivity index (χ2v) is 9.16. The van der Waals surface area contributed by atoms with E-state index < -0.39 is 0 Å². The molecule has 0 saturated heterocycles. The molecule has 0 N–H and O–H groups in total. The van der Waals surface area contributed by atoms with Gasteiger partial charge in [-0.1, -0.05) is 150 Å². The van der Waals surface area contributed by atoms with Crippen LogP contribution in [0.4, 0.5) is 0 Å². The summed E-state index contributed by atoms with van der Waals surface area (Å²) in [6, 6.07) is 48.3. The van der Waals surface area contributed by atoms with Crippen LogP contribution in [0.1, 0.15) is 40.5 Å². The molecular formula is C39H43N3. The van der Waals surface area contributed by atoms with E-state index in [1.807, 2.05) is 128 Å². The van der Waals surface area contributed by atoms with Gasteiger partial charge in [-0.25, -0.2) is 0 Å². The lowest BCUT2D eigenvalue weighted by Crippen LogP contribution is -1.79. The first kappa shape index (κ1) is 33.3. The highest BCUT2D eigenvalue weighted by Gasteiger charge is 1.95. The van der Waals surface area contributed by atoms with Crippen molar-refractivity contribution in [2.45, 2.75) is 40.5 Å². The van der Waals surface area contributed by atoms with Crippen molar-refractivity contribution in [1.82, 2.24) is 15.0 Å². The second-order valence-electron chi connectivity index (χ2n) is 9.16. The molecule has 0 atom stereocenters. The minimum absolute atomic E-state index is 1.03. The van der Waals surface area contributed by atoms with Gasteiger partial charge in [-0.3, -0.25) is 15.0 Å². The molecule has 3 heteroatoms. The Balaban J connectivity index is 0.000000201. The topological polar surface area (TPSA) is 38.7 Å². The monoisotopic (exact) mass is 553 g/mol. The van der Waals surface area contributed by atoms with E-state index in [2.05, 4.69) is 79.0 Å². The number of pyridine rings is 3. The lowest BCUT2D eigenvalue weighted by Gasteiger charge is -1.97. The first-order valence-electron chi connectivity index (χ1n) is 14.6. The van der Waals surface area contributed by atoms with Crippen LogP contribution >= 0.6 is 0 Å². The molecular weight excluding hydrogens is 510 g/mol. The predicted molar refractivity (Wildman–Crippen MR) is 181 cm³/mol. The van der Waals surface area contributed by atoms with E-state index in [0.717, 1.165) is 33.8 Å². The molecule has 3 aromatic carbocycles. The number of aromatic nitrogens is 3. The summed E-state index contributed by atoms with van der Waals surface area (Å²) < 4.78 is 0. The maximum atomic E-state index is 4.25. The van der Waals surface area contributed by atoms with Gasteiger partial charge in [0.25, 0.3) is 0 Å². The van der Waals surface area contributed by atoms with Gasteiger partial charge in [0.15, 0.2) is 0 Å². The van der Waals surface area contributed by atoms with Gasteiger partial charge < -0.3 is 0 Å². The van der Waals surface area contributed by atoms with Crippen LogP contribution in [-0.2, 0) is 0 Å². The third-order valence-electron chi connectivity index (χ3n) is 5.20. The molecule has 0 fully saturated rings. The summed E-state index contributed by atoms with van der Waals surface area (Å²) in [6.07, 6.45) is 7.92. The van der Waals surface area contributed by atoms with Crippen molar-refractivity contribution in [2.75, 3.05) is 0 Å². The van der Waals surface area contributed by atoms with Crippen LogP contribution in [-0.4, -0.2) is 15.0 Å². The molecule has 6 rings (SSSR count). The van der Waals surface area contributed by atoms with Gasteiger partial charge in [0.2, 0.25) is 0 Å². The second kappa shape index (κ2) is 21.9. The summed E-state index contributed by atoms with van der Waals surface area (Å²) in [6.45, 7) is 8.50. The van der Waals surface area contributed by atoms with Gasteiger partial charge in [-0.15, -0.1) is 0 Å². The fraction of sp³-hybridized carbons (Fsp3) is 0.154. The Morgan fingerprint density at radius 1 is 0.310 bits per heavy atom. The smallest absolute Gasteiger partial charge is 0.0701 e. The highest BCUT2D eigenvalue weighted by atomic mass is 14.7. The molecule has 0 aliphatic carbocycles. The van der Waals surface area contributed by atoms with Gasteiger partial charge in [0.05, 0.1) is 17.1 Å². The average Bonchev–Trinajstić information content (AvgIpc) is 3.09. The SMILES string of the molecule is CCC.CCC.c1ccc(-c2ccccn2)cc1.c1ccc(-c2ccccn2)cc1.c1ccc(-c2ccccn2)cc1. The molecule has 0 amide bonds. The molecule has 3 nitrogen and oxygen atoms in total. The summed E-state index contributed by atoms with van der Waals surface area (Å²) in [5.74, 6) is 0. The Labute approximate surface area is 253 Å². The van der Waals surface area contributed by atoms with Gasteiger partial charge in [-0.2, -0.15) is 0 Å². The van der Waals surface area contributed by atoms with Crippen molar-refractivity contribution < 1.29 is 0 Å². The summed E-state index contributed by atoms with van der Waals surface area (Å²) in [4.78, 5) is 12.7. The molecule has 6 aromatic rings. The van der Waals surface area contributed by atoms with Crippen molar-refractivity contribution in [2.24, 2.45) is 0 Å². The molecule has 0 spiro atoms. The lowest BCUT2D eigenvalue weighted by atomic mass is 10.1. The van der Waals surface area contributed by atoms with E-state index in [9.17, 15) is 0 Å². The fourth-order valence-electron chi connectivity index (χ4n) is 3.43. The molecule has 0 bridgehead atoms. The van der Waals surface area contributed by atoms with Gasteiger partial charge in [0.1, 0.15) is 0 Å². The van der Waals surface area contributed by atoms with Gasteiger partial charge >= 0.3 is 0 Å². The standard InChI is InChI=1S/3C11H9N.2C3H8/c3*1-2-6-10(7-3-1)11-8-4-5-9-12-11;2*1-3-2/h3*1-9H;2*3H2,1-2H3. The number of benzene rings is 3. The van der Waals surface area contributed by atoms with Crippen LogP contribution in [0.3, 0.4) is 0 Å². The molecule has 0 aliphatic heterocycles. The largest absolute Gasteiger partial charge is 0.256 e. The van der Waals surface area contributed by atoms with Crippen molar-refractivity contribution in [1.29, 1.82) is 0 Å². The zero-order valence-corrected chi connectivity index (χ0v) is 25.3. The van der Waals surface area contributed by atoms with E-state index in [0.29, 0.717) is 0 Å². The van der Waals surface area contributed by atoms with Crippen LogP contribution in [0.2, 0.25) is 0 Å². The van der Waals surface area contributed by atoms with Gasteiger partial charge in [0, 0.05) is 35.3 Å². The van der Waals surface area contributed by atoms with E-state index in [1.165, 1.54) is 12.8 Å². The maximum absolute atomic E-state index is 4.25. The van der Waals surface area contributed by atoms with Crippen molar-refractivity contribution >= 4 is 0 Å². The minimum Gasteiger partial charge on any atom is -0.256 e. The maximum Gasteiger partial charge on any atom is 0.0701 e. The Hall–Kier alpha value is -4.89. The van der Waals surface area contributed by atoms with Crippen LogP contribution < -0.4 is 0 Å². The number of hydrogen-bond donors (Lipinski definition) is 0. The molecule has 0 aliphatic rings. The fourth-order valence-corrected chi connectivity index (χ4v) is 3.43. The molecule has 0 unspecified atom stereocenters. The lowest BCUT2D eigenvalue weighted by molar-refractivity contribution is 1.09. The highest BCUT2D eigenvalue weighted by Crippen LogP contribution is 2.16. The van der Waals surface area contributed by atoms with Crippen LogP contribution in [0.5, 0.6) is 0 Å². The van der Waals surface area contributed by atoms with E-state index in [4.69, 9.17) is 0 Å². The Kier molecular flexibility index (Phi) is 17.4. The van der Waals surface area contributed by atoms with E-state index >= 15 is 0 Å². The molecule has 214 valence electrons. The van der Waals surface area contributed by atoms with Crippen molar-refractivity contribution in [3.8, 4) is 33.8 Å². The minimum atomic E-state index is 1.03. The normalized spacial score (nSPS) is 9.14. The average molecular weight is 554 g/mol. The van der Waals surface area contributed by atoms with E-state index in [1.54, 1.807) is 0 Å². The molecule has 3 heterocycles. The summed E-state index contributed by atoms with van der Waals surface area (Å²) in [7, 11) is 0. The number of rotatable bonds is 3. The van der Waals surface area contributed by atoms with Crippen molar-refractivity contribution in [3.05, 3.63) is 164 Å². The van der Waals surface area contributed by atoms with Crippen LogP contribution in [0.15, 0.2) is 164 Å². The molecule has 42 heavy (non-hydrogen) atoms. The first-order valence-corrected chi connectivity index (χ1v) is 14.6. The van der Waals surface area contributed by atoms with Crippen molar-refractivity contribution in [3.63, 3.8) is 0 Å². The number of nitrogens with zero attached hydrogens (tertiary/aromatic N) is 3. The summed E-state index contributed by atoms with van der Waals surface area (Å²) >= 11 is 0. The van der Waals surface area contributed by atoms with E-state index in [-0.39, 0.29) is 0 Å². The molecule has 0 saturated carbocycles.